The normalized spacial score (nSPS) is 16.0. The Labute approximate surface area is 96.9 Å². The van der Waals surface area contributed by atoms with Crippen LogP contribution >= 0.6 is 23.4 Å². The summed E-state index contributed by atoms with van der Waals surface area (Å²) < 4.78 is 13.3. The summed E-state index contributed by atoms with van der Waals surface area (Å²) in [5.41, 5.74) is 0.385. The van der Waals surface area contributed by atoms with Crippen LogP contribution in [0.2, 0.25) is 5.02 Å². The average Bonchev–Trinajstić information content (AvgIpc) is 2.25. The van der Waals surface area contributed by atoms with Crippen molar-refractivity contribution in [2.45, 2.75) is 6.42 Å². The van der Waals surface area contributed by atoms with Crippen molar-refractivity contribution in [2.75, 3.05) is 17.6 Å². The molecule has 0 aliphatic carbocycles. The van der Waals surface area contributed by atoms with Crippen LogP contribution in [0.5, 0.6) is 0 Å². The number of amidine groups is 1. The Hall–Kier alpha value is -0.740. The second-order valence-electron chi connectivity index (χ2n) is 3.14. The van der Waals surface area contributed by atoms with Gasteiger partial charge in [0, 0.05) is 17.3 Å². The minimum Gasteiger partial charge on any atom is -0.333 e. The van der Waals surface area contributed by atoms with Crippen LogP contribution in [0.1, 0.15) is 6.42 Å². The van der Waals surface area contributed by atoms with Crippen molar-refractivity contribution < 1.29 is 4.39 Å². The summed E-state index contributed by atoms with van der Waals surface area (Å²) in [6.07, 6.45) is 1.08. The van der Waals surface area contributed by atoms with Crippen molar-refractivity contribution in [3.63, 3.8) is 0 Å². The molecular weight excluding hydrogens is 235 g/mol. The van der Waals surface area contributed by atoms with E-state index in [4.69, 9.17) is 11.6 Å². The number of thioether (sulfide) groups is 1. The van der Waals surface area contributed by atoms with E-state index in [1.165, 1.54) is 12.1 Å². The van der Waals surface area contributed by atoms with Crippen LogP contribution in [-0.4, -0.2) is 17.5 Å². The van der Waals surface area contributed by atoms with E-state index in [9.17, 15) is 4.39 Å². The van der Waals surface area contributed by atoms with E-state index in [1.807, 2.05) is 0 Å². The molecule has 0 aromatic heterocycles. The van der Waals surface area contributed by atoms with Crippen LogP contribution in [-0.2, 0) is 0 Å². The minimum atomic E-state index is -0.312. The number of nitrogens with one attached hydrogen (secondary N) is 1. The molecule has 0 radical (unpaired) electrons. The first-order valence-corrected chi connectivity index (χ1v) is 6.01. The van der Waals surface area contributed by atoms with Gasteiger partial charge in [-0.05, 0) is 24.6 Å². The quantitative estimate of drug-likeness (QED) is 0.819. The van der Waals surface area contributed by atoms with E-state index in [2.05, 4.69) is 10.3 Å². The monoisotopic (exact) mass is 244 g/mol. The van der Waals surface area contributed by atoms with Gasteiger partial charge < -0.3 is 5.32 Å². The molecule has 2 rings (SSSR count). The molecule has 0 spiro atoms. The summed E-state index contributed by atoms with van der Waals surface area (Å²) in [5, 5.41) is 4.22. The molecule has 15 heavy (non-hydrogen) atoms. The molecule has 5 heteroatoms. The van der Waals surface area contributed by atoms with Gasteiger partial charge in [0.2, 0.25) is 0 Å². The van der Waals surface area contributed by atoms with Gasteiger partial charge in [0.15, 0.2) is 5.17 Å². The predicted molar refractivity (Wildman–Crippen MR) is 64.4 cm³/mol. The molecule has 1 aromatic rings. The van der Waals surface area contributed by atoms with E-state index in [1.54, 1.807) is 17.8 Å². The van der Waals surface area contributed by atoms with Crippen LogP contribution in [0.3, 0.4) is 0 Å². The van der Waals surface area contributed by atoms with Crippen LogP contribution < -0.4 is 5.32 Å². The van der Waals surface area contributed by atoms with Gasteiger partial charge in [-0.1, -0.05) is 23.4 Å². The van der Waals surface area contributed by atoms with E-state index in [0.29, 0.717) is 10.7 Å². The highest BCUT2D eigenvalue weighted by Crippen LogP contribution is 2.22. The van der Waals surface area contributed by atoms with E-state index >= 15 is 0 Å². The van der Waals surface area contributed by atoms with Crippen LogP contribution in [0.15, 0.2) is 23.2 Å². The molecule has 0 fully saturated rings. The summed E-state index contributed by atoms with van der Waals surface area (Å²) in [4.78, 5) is 4.25. The van der Waals surface area contributed by atoms with E-state index in [-0.39, 0.29) is 5.82 Å². The largest absolute Gasteiger partial charge is 0.333 e. The number of benzene rings is 1. The van der Waals surface area contributed by atoms with Crippen molar-refractivity contribution in [3.05, 3.63) is 29.0 Å². The molecule has 1 aliphatic rings. The number of hydrogen-bond acceptors (Lipinski definition) is 3. The van der Waals surface area contributed by atoms with Crippen molar-refractivity contribution in [1.29, 1.82) is 0 Å². The molecule has 1 N–H and O–H groups in total. The highest BCUT2D eigenvalue weighted by Gasteiger charge is 2.09. The van der Waals surface area contributed by atoms with Crippen molar-refractivity contribution >= 4 is 34.2 Å². The Balaban J connectivity index is 2.15. The topological polar surface area (TPSA) is 24.4 Å². The van der Waals surface area contributed by atoms with Gasteiger partial charge in [0.05, 0.1) is 5.69 Å². The average molecular weight is 245 g/mol. The Bertz CT molecular complexity index is 395. The molecule has 0 bridgehead atoms. The van der Waals surface area contributed by atoms with Gasteiger partial charge in [-0.3, -0.25) is 4.99 Å². The highest BCUT2D eigenvalue weighted by molar-refractivity contribution is 8.14. The van der Waals surface area contributed by atoms with Crippen LogP contribution in [0.25, 0.3) is 0 Å². The predicted octanol–water partition coefficient (Wildman–Crippen LogP) is 3.38. The number of aliphatic imine (C=N–C) groups is 1. The molecule has 0 unspecified atom stereocenters. The summed E-state index contributed by atoms with van der Waals surface area (Å²) in [6.45, 7) is 0.803. The van der Waals surface area contributed by atoms with Gasteiger partial charge in [-0.15, -0.1) is 0 Å². The molecule has 1 aliphatic heterocycles. The first-order chi connectivity index (χ1) is 7.25. The van der Waals surface area contributed by atoms with Crippen LogP contribution in [0, 0.1) is 5.82 Å². The van der Waals surface area contributed by atoms with E-state index < -0.39 is 0 Å². The first-order valence-electron chi connectivity index (χ1n) is 4.65. The maximum Gasteiger partial charge on any atom is 0.161 e. The van der Waals surface area contributed by atoms with Gasteiger partial charge in [-0.2, -0.15) is 0 Å². The fourth-order valence-corrected chi connectivity index (χ4v) is 2.25. The van der Waals surface area contributed by atoms with Crippen molar-refractivity contribution in [2.24, 2.45) is 4.99 Å². The fraction of sp³-hybridized carbons (Fsp3) is 0.300. The SMILES string of the molecule is Fc1ccc(Cl)cc1NC1=NCCCS1. The lowest BCUT2D eigenvalue weighted by Crippen LogP contribution is -2.14. The zero-order chi connectivity index (χ0) is 10.7. The number of hydrogen-bond donors (Lipinski definition) is 1. The molecular formula is C10H10ClFN2S. The zero-order valence-electron chi connectivity index (χ0n) is 7.96. The first kappa shape index (κ1) is 10.8. The zero-order valence-corrected chi connectivity index (χ0v) is 9.54. The summed E-state index contributed by atoms with van der Waals surface area (Å²) in [5.74, 6) is 0.710. The maximum absolute atomic E-state index is 13.3. The van der Waals surface area contributed by atoms with Gasteiger partial charge in [0.25, 0.3) is 0 Å². The molecule has 1 aromatic carbocycles. The molecule has 0 amide bonds. The van der Waals surface area contributed by atoms with E-state index in [0.717, 1.165) is 23.9 Å². The molecule has 0 saturated heterocycles. The minimum absolute atomic E-state index is 0.312. The standard InChI is InChI=1S/C10H10ClFN2S/c11-7-2-3-8(12)9(6-7)14-10-13-4-1-5-15-10/h2-3,6H,1,4-5H2,(H,13,14). The molecule has 0 atom stereocenters. The third-order valence-electron chi connectivity index (χ3n) is 1.97. The Morgan fingerprint density at radius 2 is 2.33 bits per heavy atom. The van der Waals surface area contributed by atoms with Gasteiger partial charge in [0.1, 0.15) is 5.82 Å². The molecule has 2 nitrogen and oxygen atoms in total. The Morgan fingerprint density at radius 1 is 1.47 bits per heavy atom. The third-order valence-corrected chi connectivity index (χ3v) is 3.20. The lowest BCUT2D eigenvalue weighted by molar-refractivity contribution is 0.632. The second-order valence-corrected chi connectivity index (χ2v) is 4.66. The second kappa shape index (κ2) is 4.86. The smallest absolute Gasteiger partial charge is 0.161 e. The number of nitrogens with zero attached hydrogens (tertiary/aromatic N) is 1. The van der Waals surface area contributed by atoms with Crippen LogP contribution in [0.4, 0.5) is 10.1 Å². The Kier molecular flexibility index (Phi) is 3.49. The van der Waals surface area contributed by atoms with Gasteiger partial charge >= 0.3 is 0 Å². The van der Waals surface area contributed by atoms with Gasteiger partial charge in [-0.25, -0.2) is 4.39 Å². The molecule has 0 saturated carbocycles. The van der Waals surface area contributed by atoms with Crippen molar-refractivity contribution in [3.8, 4) is 0 Å². The fourth-order valence-electron chi connectivity index (χ4n) is 1.24. The lowest BCUT2D eigenvalue weighted by Gasteiger charge is -2.13. The molecule has 80 valence electrons. The maximum atomic E-state index is 13.3. The number of rotatable bonds is 1. The highest BCUT2D eigenvalue weighted by atomic mass is 35.5. The number of anilines is 1. The van der Waals surface area contributed by atoms with Crippen molar-refractivity contribution in [1.82, 2.24) is 0 Å². The number of halogens is 2. The lowest BCUT2D eigenvalue weighted by atomic mass is 10.3. The Morgan fingerprint density at radius 3 is 3.07 bits per heavy atom. The summed E-state index contributed by atoms with van der Waals surface area (Å²) >= 11 is 7.38. The summed E-state index contributed by atoms with van der Waals surface area (Å²) in [7, 11) is 0. The summed E-state index contributed by atoms with van der Waals surface area (Å²) in [6, 6.07) is 4.44. The third kappa shape index (κ3) is 2.86. The molecule has 1 heterocycles.